The normalized spacial score (nSPS) is 11.7. The minimum Gasteiger partial charge on any atom is -0.497 e. The van der Waals surface area contributed by atoms with Crippen molar-refractivity contribution in [2.45, 2.75) is 12.9 Å². The quantitative estimate of drug-likeness (QED) is 0.258. The van der Waals surface area contributed by atoms with Crippen molar-refractivity contribution in [3.63, 3.8) is 0 Å². The summed E-state index contributed by atoms with van der Waals surface area (Å²) in [7, 11) is 1.61. The molecular formula is C27H20F3N7O2. The molecule has 0 saturated carbocycles. The molecule has 3 aromatic carbocycles. The first-order chi connectivity index (χ1) is 18.8. The first kappa shape index (κ1) is 24.2. The topological polar surface area (TPSA) is 103 Å². The van der Waals surface area contributed by atoms with Gasteiger partial charge in [0.15, 0.2) is 5.65 Å². The number of benzene rings is 3. The fraction of sp³-hybridized carbons (Fsp3) is 0.111. The maximum atomic E-state index is 12.7. The van der Waals surface area contributed by atoms with E-state index in [1.807, 2.05) is 47.0 Å². The first-order valence-electron chi connectivity index (χ1n) is 11.8. The fourth-order valence-electron chi connectivity index (χ4n) is 4.21. The SMILES string of the molecule is COc1ccc(Cn2cnc3c(-c4ccc(OC(F)(F)F)cc4)nc(Nc4ccc5[nH]ncc5c4)nc32)cc1. The molecule has 0 aliphatic heterocycles. The van der Waals surface area contributed by atoms with Gasteiger partial charge in [-0.2, -0.15) is 10.1 Å². The van der Waals surface area contributed by atoms with Crippen LogP contribution < -0.4 is 14.8 Å². The van der Waals surface area contributed by atoms with Crippen LogP contribution in [0.3, 0.4) is 0 Å². The van der Waals surface area contributed by atoms with Crippen LogP contribution in [-0.4, -0.2) is 43.2 Å². The summed E-state index contributed by atoms with van der Waals surface area (Å²) in [5.41, 5.74) is 4.70. The lowest BCUT2D eigenvalue weighted by Gasteiger charge is -2.11. The average molecular weight is 531 g/mol. The molecule has 12 heteroatoms. The van der Waals surface area contributed by atoms with E-state index in [0.717, 1.165) is 27.9 Å². The van der Waals surface area contributed by atoms with Gasteiger partial charge in [0.05, 0.1) is 31.7 Å². The third kappa shape index (κ3) is 5.17. The second kappa shape index (κ2) is 9.63. The molecule has 0 saturated heterocycles. The van der Waals surface area contributed by atoms with Gasteiger partial charge in [-0.3, -0.25) is 5.10 Å². The van der Waals surface area contributed by atoms with Crippen LogP contribution in [0, 0.1) is 0 Å². The predicted octanol–water partition coefficient (Wildman–Crippen LogP) is 6.07. The minimum atomic E-state index is -4.78. The molecular weight excluding hydrogens is 511 g/mol. The molecule has 3 aromatic heterocycles. The van der Waals surface area contributed by atoms with Gasteiger partial charge in [0, 0.05) is 16.6 Å². The van der Waals surface area contributed by atoms with Crippen LogP contribution in [0.4, 0.5) is 24.8 Å². The summed E-state index contributed by atoms with van der Waals surface area (Å²) in [6, 6.07) is 18.8. The maximum absolute atomic E-state index is 12.7. The van der Waals surface area contributed by atoms with Crippen LogP contribution in [0.5, 0.6) is 11.5 Å². The van der Waals surface area contributed by atoms with E-state index in [2.05, 4.69) is 30.2 Å². The number of nitrogens with zero attached hydrogens (tertiary/aromatic N) is 5. The first-order valence-corrected chi connectivity index (χ1v) is 11.8. The molecule has 196 valence electrons. The Morgan fingerprint density at radius 1 is 0.949 bits per heavy atom. The second-order valence-corrected chi connectivity index (χ2v) is 8.66. The summed E-state index contributed by atoms with van der Waals surface area (Å²) >= 11 is 0. The highest BCUT2D eigenvalue weighted by molar-refractivity contribution is 5.89. The lowest BCUT2D eigenvalue weighted by molar-refractivity contribution is -0.274. The number of ether oxygens (including phenoxy) is 2. The lowest BCUT2D eigenvalue weighted by Crippen LogP contribution is -2.16. The number of nitrogens with one attached hydrogen (secondary N) is 2. The van der Waals surface area contributed by atoms with E-state index in [1.54, 1.807) is 19.6 Å². The van der Waals surface area contributed by atoms with Gasteiger partial charge in [-0.15, -0.1) is 13.2 Å². The standard InChI is InChI=1S/C27H20F3N7O2/c1-38-20-7-2-16(3-8-20)14-37-15-31-24-23(17-4-9-21(10-5-17)39-27(28,29)30)34-26(35-25(24)37)33-19-6-11-22-18(12-19)13-32-36-22/h2-13,15H,14H2,1H3,(H,32,36)(H,33,34,35). The van der Waals surface area contributed by atoms with Crippen LogP contribution in [0.1, 0.15) is 5.56 Å². The van der Waals surface area contributed by atoms with Crippen molar-refractivity contribution in [3.8, 4) is 22.8 Å². The van der Waals surface area contributed by atoms with Crippen LogP contribution in [0.15, 0.2) is 79.3 Å². The second-order valence-electron chi connectivity index (χ2n) is 8.66. The summed E-state index contributed by atoms with van der Waals surface area (Å²) in [6.07, 6.45) is -1.41. The number of aromatic nitrogens is 6. The van der Waals surface area contributed by atoms with Crippen LogP contribution in [0.2, 0.25) is 0 Å². The van der Waals surface area contributed by atoms with Gasteiger partial charge in [-0.25, -0.2) is 9.97 Å². The van der Waals surface area contributed by atoms with E-state index in [1.165, 1.54) is 24.3 Å². The Balaban J connectivity index is 1.41. The van der Waals surface area contributed by atoms with E-state index in [9.17, 15) is 13.2 Å². The number of fused-ring (bicyclic) bond motifs is 2. The molecule has 0 atom stereocenters. The number of imidazole rings is 1. The molecule has 0 bridgehead atoms. The Labute approximate surface area is 219 Å². The molecule has 2 N–H and O–H groups in total. The Morgan fingerprint density at radius 2 is 1.72 bits per heavy atom. The number of anilines is 2. The number of methoxy groups -OCH3 is 1. The third-order valence-corrected chi connectivity index (χ3v) is 6.03. The van der Waals surface area contributed by atoms with Gasteiger partial charge in [0.2, 0.25) is 5.95 Å². The molecule has 39 heavy (non-hydrogen) atoms. The van der Waals surface area contributed by atoms with Gasteiger partial charge in [-0.05, 0) is 60.2 Å². The molecule has 6 rings (SSSR count). The van der Waals surface area contributed by atoms with Gasteiger partial charge in [-0.1, -0.05) is 12.1 Å². The third-order valence-electron chi connectivity index (χ3n) is 6.03. The molecule has 0 aliphatic carbocycles. The number of H-pyrrole nitrogens is 1. The predicted molar refractivity (Wildman–Crippen MR) is 139 cm³/mol. The molecule has 6 aromatic rings. The lowest BCUT2D eigenvalue weighted by atomic mass is 10.1. The zero-order valence-corrected chi connectivity index (χ0v) is 20.4. The van der Waals surface area contributed by atoms with Crippen molar-refractivity contribution in [2.75, 3.05) is 12.4 Å². The Kier molecular flexibility index (Phi) is 5.98. The Morgan fingerprint density at radius 3 is 2.46 bits per heavy atom. The summed E-state index contributed by atoms with van der Waals surface area (Å²) in [4.78, 5) is 14.0. The van der Waals surface area contributed by atoms with Crippen molar-refractivity contribution in [1.82, 2.24) is 29.7 Å². The van der Waals surface area contributed by atoms with Crippen molar-refractivity contribution >= 4 is 33.7 Å². The van der Waals surface area contributed by atoms with E-state index < -0.39 is 6.36 Å². The zero-order chi connectivity index (χ0) is 27.0. The summed E-state index contributed by atoms with van der Waals surface area (Å²) < 4.78 is 49.1. The van der Waals surface area contributed by atoms with Crippen LogP contribution in [0.25, 0.3) is 33.3 Å². The maximum Gasteiger partial charge on any atom is 0.573 e. The highest BCUT2D eigenvalue weighted by Gasteiger charge is 2.31. The van der Waals surface area contributed by atoms with E-state index in [0.29, 0.717) is 34.9 Å². The van der Waals surface area contributed by atoms with Crippen molar-refractivity contribution in [1.29, 1.82) is 0 Å². The Hall–Kier alpha value is -5.13. The average Bonchev–Trinajstić information content (AvgIpc) is 3.55. The van der Waals surface area contributed by atoms with Gasteiger partial charge < -0.3 is 19.4 Å². The number of alkyl halides is 3. The molecule has 3 heterocycles. The number of aromatic amines is 1. The molecule has 0 fully saturated rings. The molecule has 0 amide bonds. The van der Waals surface area contributed by atoms with Gasteiger partial charge >= 0.3 is 6.36 Å². The monoisotopic (exact) mass is 531 g/mol. The fourth-order valence-corrected chi connectivity index (χ4v) is 4.21. The van der Waals surface area contributed by atoms with Gasteiger partial charge in [0.1, 0.15) is 22.7 Å². The smallest absolute Gasteiger partial charge is 0.497 e. The van der Waals surface area contributed by atoms with Crippen LogP contribution in [-0.2, 0) is 6.54 Å². The number of hydrogen-bond donors (Lipinski definition) is 2. The van der Waals surface area contributed by atoms with E-state index >= 15 is 0 Å². The van der Waals surface area contributed by atoms with Crippen LogP contribution >= 0.6 is 0 Å². The summed E-state index contributed by atoms with van der Waals surface area (Å²) in [6.45, 7) is 0.482. The molecule has 0 radical (unpaired) electrons. The van der Waals surface area contributed by atoms with E-state index in [-0.39, 0.29) is 5.75 Å². The highest BCUT2D eigenvalue weighted by atomic mass is 19.4. The highest BCUT2D eigenvalue weighted by Crippen LogP contribution is 2.31. The van der Waals surface area contributed by atoms with Gasteiger partial charge in [0.25, 0.3) is 0 Å². The molecule has 0 spiro atoms. The van der Waals surface area contributed by atoms with E-state index in [4.69, 9.17) is 9.72 Å². The molecule has 0 aliphatic rings. The summed E-state index contributed by atoms with van der Waals surface area (Å²) in [5, 5.41) is 11.1. The number of halogens is 3. The van der Waals surface area contributed by atoms with Crippen molar-refractivity contribution in [2.24, 2.45) is 0 Å². The Bertz CT molecular complexity index is 1760. The minimum absolute atomic E-state index is 0.299. The van der Waals surface area contributed by atoms with Crippen molar-refractivity contribution in [3.05, 3.63) is 84.8 Å². The zero-order valence-electron chi connectivity index (χ0n) is 20.4. The summed E-state index contributed by atoms with van der Waals surface area (Å²) in [5.74, 6) is 0.721. The number of rotatable bonds is 7. The largest absolute Gasteiger partial charge is 0.573 e. The number of hydrogen-bond acceptors (Lipinski definition) is 7. The molecule has 9 nitrogen and oxygen atoms in total. The van der Waals surface area contributed by atoms with Crippen molar-refractivity contribution < 1.29 is 22.6 Å². The molecule has 0 unspecified atom stereocenters.